The Balaban J connectivity index is 2.39. The Labute approximate surface area is 171 Å². The highest BCUT2D eigenvalue weighted by Gasteiger charge is 2.18. The van der Waals surface area contributed by atoms with Crippen molar-refractivity contribution in [3.05, 3.63) is 5.69 Å². The first-order valence-electron chi connectivity index (χ1n) is 8.19. The number of nitrogen functional groups attached to an aromatic ring is 1. The molecule has 2 rings (SSSR count). The van der Waals surface area contributed by atoms with Gasteiger partial charge in [0.25, 0.3) is 26.2 Å². The maximum Gasteiger partial charge on any atom is 0.266 e. The number of aromatic nitrogens is 5. The first-order chi connectivity index (χ1) is 13.9. The van der Waals surface area contributed by atoms with E-state index in [1.807, 2.05) is 0 Å². The second-order valence-corrected chi connectivity index (χ2v) is 8.88. The van der Waals surface area contributed by atoms with Crippen molar-refractivity contribution in [3.8, 4) is 5.95 Å². The molecule has 6 N–H and O–H groups in total. The van der Waals surface area contributed by atoms with Crippen molar-refractivity contribution in [3.63, 3.8) is 0 Å². The van der Waals surface area contributed by atoms with Crippen molar-refractivity contribution in [2.45, 2.75) is 6.92 Å². The van der Waals surface area contributed by atoms with E-state index in [0.29, 0.717) is 11.4 Å². The minimum absolute atomic E-state index is 0.0459. The van der Waals surface area contributed by atoms with E-state index in [-0.39, 0.29) is 36.8 Å². The minimum Gasteiger partial charge on any atom is -0.380 e. The van der Waals surface area contributed by atoms with Gasteiger partial charge in [0.1, 0.15) is 0 Å². The normalized spacial score (nSPS) is 12.4. The van der Waals surface area contributed by atoms with Gasteiger partial charge < -0.3 is 16.4 Å². The van der Waals surface area contributed by atoms with Gasteiger partial charge >= 0.3 is 0 Å². The van der Waals surface area contributed by atoms with Gasteiger partial charge in [0.15, 0.2) is 11.5 Å². The monoisotopic (exact) mass is 464 g/mol. The number of rotatable bonds is 10. The quantitative estimate of drug-likeness (QED) is 0.215. The molecule has 0 aromatic carbocycles. The number of nitrogens with two attached hydrogens (primary N) is 1. The Morgan fingerprint density at radius 3 is 1.93 bits per heavy atom. The predicted octanol–water partition coefficient (Wildman–Crippen LogP) is -0.739. The molecule has 0 spiro atoms. The Hall–Kier alpha value is -2.96. The van der Waals surface area contributed by atoms with E-state index in [1.165, 1.54) is 11.7 Å². The molecule has 0 fully saturated rings. The zero-order chi connectivity index (χ0) is 22.5. The van der Waals surface area contributed by atoms with Gasteiger partial charge in [-0.1, -0.05) is 0 Å². The summed E-state index contributed by atoms with van der Waals surface area (Å²) in [5.74, 6) is -1.38. The standard InChI is InChI=1S/C12H20N10O6S2/c1-7-8(20-14-2)9(13)21-22(7)12-18-10(15-3-5-29(23,24)25)17-11(19-12)16-4-6-30(26,27)28/h3-6H2,1-2H3,(H2,13,21)(H,23,24,25)(H,26,27,28)(H2,15,16,17,18,19). The fourth-order valence-corrected chi connectivity index (χ4v) is 2.86. The summed E-state index contributed by atoms with van der Waals surface area (Å²) in [7, 11) is -6.97. The summed E-state index contributed by atoms with van der Waals surface area (Å²) >= 11 is 0. The van der Waals surface area contributed by atoms with Crippen molar-refractivity contribution >= 4 is 43.6 Å². The van der Waals surface area contributed by atoms with Gasteiger partial charge in [0, 0.05) is 20.1 Å². The van der Waals surface area contributed by atoms with Crippen LogP contribution in [-0.2, 0) is 20.2 Å². The van der Waals surface area contributed by atoms with Crippen LogP contribution in [0.4, 0.5) is 23.4 Å². The zero-order valence-electron chi connectivity index (χ0n) is 15.9. The lowest BCUT2D eigenvalue weighted by molar-refractivity contribution is 0.481. The van der Waals surface area contributed by atoms with Gasteiger partial charge in [-0.3, -0.25) is 9.11 Å². The van der Waals surface area contributed by atoms with Gasteiger partial charge in [0.2, 0.25) is 11.9 Å². The van der Waals surface area contributed by atoms with E-state index in [1.54, 1.807) is 6.92 Å². The Bertz CT molecular complexity index is 1090. The summed E-state index contributed by atoms with van der Waals surface area (Å²) in [4.78, 5) is 12.2. The highest BCUT2D eigenvalue weighted by molar-refractivity contribution is 7.86. The molecule has 0 unspecified atom stereocenters. The smallest absolute Gasteiger partial charge is 0.266 e. The highest BCUT2D eigenvalue weighted by atomic mass is 32.2. The molecule has 2 heterocycles. The summed E-state index contributed by atoms with van der Waals surface area (Å²) in [6, 6.07) is 0. The third kappa shape index (κ3) is 6.83. The Kier molecular flexibility index (Phi) is 7.18. The van der Waals surface area contributed by atoms with Crippen molar-refractivity contribution in [1.29, 1.82) is 0 Å². The molecular formula is C12H20N10O6S2. The second-order valence-electron chi connectivity index (χ2n) is 5.74. The summed E-state index contributed by atoms with van der Waals surface area (Å²) < 4.78 is 62.4. The molecule has 0 aliphatic rings. The molecule has 0 aliphatic carbocycles. The van der Waals surface area contributed by atoms with Crippen molar-refractivity contribution in [2.24, 2.45) is 10.2 Å². The number of anilines is 3. The fraction of sp³-hybridized carbons (Fsp3) is 0.500. The van der Waals surface area contributed by atoms with Crippen molar-refractivity contribution in [1.82, 2.24) is 24.7 Å². The van der Waals surface area contributed by atoms with E-state index in [2.05, 4.69) is 40.9 Å². The van der Waals surface area contributed by atoms with E-state index in [0.717, 1.165) is 0 Å². The minimum atomic E-state index is -4.21. The molecule has 0 saturated carbocycles. The van der Waals surface area contributed by atoms with Crippen LogP contribution in [0.3, 0.4) is 0 Å². The van der Waals surface area contributed by atoms with Gasteiger partial charge in [-0.05, 0) is 6.92 Å². The third-order valence-corrected chi connectivity index (χ3v) is 4.85. The van der Waals surface area contributed by atoms with Crippen molar-refractivity contribution < 1.29 is 25.9 Å². The highest BCUT2D eigenvalue weighted by Crippen LogP contribution is 2.27. The fourth-order valence-electron chi connectivity index (χ4n) is 2.14. The lowest BCUT2D eigenvalue weighted by Crippen LogP contribution is -2.20. The van der Waals surface area contributed by atoms with Crippen LogP contribution in [0.2, 0.25) is 0 Å². The first kappa shape index (κ1) is 23.3. The molecule has 0 amide bonds. The summed E-state index contributed by atoms with van der Waals surface area (Å²) in [6.07, 6.45) is 0. The number of nitrogens with one attached hydrogen (secondary N) is 2. The van der Waals surface area contributed by atoms with Crippen LogP contribution < -0.4 is 16.4 Å². The third-order valence-electron chi connectivity index (χ3n) is 3.41. The van der Waals surface area contributed by atoms with E-state index >= 15 is 0 Å². The van der Waals surface area contributed by atoms with Crippen LogP contribution in [0.15, 0.2) is 10.2 Å². The average Bonchev–Trinajstić information content (AvgIpc) is 2.88. The zero-order valence-corrected chi connectivity index (χ0v) is 17.5. The molecule has 0 atom stereocenters. The number of azo groups is 1. The van der Waals surface area contributed by atoms with Crippen LogP contribution in [0.5, 0.6) is 0 Å². The van der Waals surface area contributed by atoms with Gasteiger partial charge in [-0.15, -0.1) is 5.10 Å². The number of nitrogens with zero attached hydrogens (tertiary/aromatic N) is 7. The molecule has 0 bridgehead atoms. The molecule has 2 aromatic heterocycles. The lowest BCUT2D eigenvalue weighted by atomic mass is 10.4. The Morgan fingerprint density at radius 2 is 1.50 bits per heavy atom. The number of hydrogen-bond donors (Lipinski definition) is 5. The summed E-state index contributed by atoms with van der Waals surface area (Å²) in [5.41, 5.74) is 6.55. The molecule has 0 radical (unpaired) electrons. The molecule has 30 heavy (non-hydrogen) atoms. The summed E-state index contributed by atoms with van der Waals surface area (Å²) in [6.45, 7) is 1.19. The molecule has 0 aliphatic heterocycles. The second kappa shape index (κ2) is 9.24. The number of hydrogen-bond acceptors (Lipinski definition) is 13. The van der Waals surface area contributed by atoms with Crippen LogP contribution >= 0.6 is 0 Å². The molecular weight excluding hydrogens is 444 g/mol. The van der Waals surface area contributed by atoms with E-state index < -0.39 is 31.7 Å². The van der Waals surface area contributed by atoms with Crippen LogP contribution in [0.25, 0.3) is 5.95 Å². The molecule has 18 heteroatoms. The maximum absolute atomic E-state index is 10.9. The molecule has 2 aromatic rings. The van der Waals surface area contributed by atoms with Gasteiger partial charge in [-0.2, -0.15) is 46.7 Å². The predicted molar refractivity (Wildman–Crippen MR) is 106 cm³/mol. The SMILES string of the molecule is CN=Nc1c(N)nn(-c2nc(NCCS(=O)(=O)O)nc(NCCS(=O)(=O)O)n2)c1C. The largest absolute Gasteiger partial charge is 0.380 e. The van der Waals surface area contributed by atoms with Crippen LogP contribution in [0, 0.1) is 6.92 Å². The molecule has 0 saturated heterocycles. The van der Waals surface area contributed by atoms with Gasteiger partial charge in [0.05, 0.1) is 17.2 Å². The Morgan fingerprint density at radius 1 is 1.00 bits per heavy atom. The molecule has 166 valence electrons. The average molecular weight is 464 g/mol. The van der Waals surface area contributed by atoms with Gasteiger partial charge in [-0.25, -0.2) is 0 Å². The molecule has 16 nitrogen and oxygen atoms in total. The van der Waals surface area contributed by atoms with Crippen molar-refractivity contribution in [2.75, 3.05) is 48.0 Å². The van der Waals surface area contributed by atoms with E-state index in [4.69, 9.17) is 14.8 Å². The lowest BCUT2D eigenvalue weighted by Gasteiger charge is -2.10. The van der Waals surface area contributed by atoms with Crippen LogP contribution in [0.1, 0.15) is 5.69 Å². The van der Waals surface area contributed by atoms with E-state index in [9.17, 15) is 16.8 Å². The summed E-state index contributed by atoms with van der Waals surface area (Å²) in [5, 5.41) is 16.8. The maximum atomic E-state index is 10.9. The first-order valence-corrected chi connectivity index (χ1v) is 11.4. The topological polar surface area (TPSA) is 240 Å². The van der Waals surface area contributed by atoms with Crippen LogP contribution in [-0.4, -0.2) is 82.3 Å².